The Morgan fingerprint density at radius 3 is 3.00 bits per heavy atom. The lowest BCUT2D eigenvalue weighted by Gasteiger charge is -2.32. The molecule has 3 heterocycles. The first-order chi connectivity index (χ1) is 11.8. The molecule has 2 aromatic heterocycles. The first kappa shape index (κ1) is 15.2. The molecule has 4 nitrogen and oxygen atoms in total. The van der Waals surface area contributed by atoms with Gasteiger partial charge in [-0.15, -0.1) is 0 Å². The molecule has 0 aliphatic carbocycles. The van der Waals surface area contributed by atoms with Crippen LogP contribution in [0.5, 0.6) is 0 Å². The number of nitrogens with one attached hydrogen (secondary N) is 1. The van der Waals surface area contributed by atoms with E-state index in [2.05, 4.69) is 52.4 Å². The summed E-state index contributed by atoms with van der Waals surface area (Å²) >= 11 is 0. The average molecular weight is 321 g/mol. The standard InChI is InChI=1S/C20H23N3O/c1-15-5-2-3-7-18(15)19-11-21-22-20(19)17-6-4-9-23(13-17)12-16-8-10-24-14-16/h2-3,5,7-8,10-11,14,17H,4,6,9,12-13H2,1H3,(H,21,22)/t17-/m0/s1. The molecule has 4 rings (SSSR count). The third-order valence-electron chi connectivity index (χ3n) is 5.00. The molecule has 24 heavy (non-hydrogen) atoms. The molecule has 1 aliphatic heterocycles. The largest absolute Gasteiger partial charge is 0.472 e. The van der Waals surface area contributed by atoms with Gasteiger partial charge in [0.05, 0.1) is 18.7 Å². The molecule has 0 amide bonds. The van der Waals surface area contributed by atoms with Crippen LogP contribution >= 0.6 is 0 Å². The molecule has 1 saturated heterocycles. The summed E-state index contributed by atoms with van der Waals surface area (Å²) in [5.41, 5.74) is 6.36. The summed E-state index contributed by atoms with van der Waals surface area (Å²) in [5.74, 6) is 0.503. The fourth-order valence-electron chi connectivity index (χ4n) is 3.77. The van der Waals surface area contributed by atoms with Gasteiger partial charge in [-0.2, -0.15) is 5.10 Å². The SMILES string of the molecule is Cc1ccccc1-c1cn[nH]c1[C@H]1CCCN(Cc2ccoc2)C1. The van der Waals surface area contributed by atoms with Gasteiger partial charge in [-0.25, -0.2) is 0 Å². The number of hydrogen-bond donors (Lipinski definition) is 1. The summed E-state index contributed by atoms with van der Waals surface area (Å²) in [6.07, 6.45) is 8.00. The molecule has 0 spiro atoms. The van der Waals surface area contributed by atoms with E-state index in [0.29, 0.717) is 5.92 Å². The topological polar surface area (TPSA) is 45.1 Å². The minimum absolute atomic E-state index is 0.503. The van der Waals surface area contributed by atoms with Crippen LogP contribution in [0.2, 0.25) is 0 Å². The Morgan fingerprint density at radius 1 is 1.25 bits per heavy atom. The number of hydrogen-bond acceptors (Lipinski definition) is 3. The molecule has 1 aliphatic rings. The Morgan fingerprint density at radius 2 is 2.17 bits per heavy atom. The summed E-state index contributed by atoms with van der Waals surface area (Å²) < 4.78 is 5.20. The number of nitrogens with zero attached hydrogens (tertiary/aromatic N) is 2. The Hall–Kier alpha value is -2.33. The van der Waals surface area contributed by atoms with Crippen molar-refractivity contribution in [3.63, 3.8) is 0 Å². The highest BCUT2D eigenvalue weighted by Gasteiger charge is 2.25. The lowest BCUT2D eigenvalue weighted by atomic mass is 9.89. The number of likely N-dealkylation sites (tertiary alicyclic amines) is 1. The number of piperidine rings is 1. The molecule has 0 radical (unpaired) electrons. The molecule has 4 heteroatoms. The van der Waals surface area contributed by atoms with Gasteiger partial charge < -0.3 is 4.42 Å². The van der Waals surface area contributed by atoms with Gasteiger partial charge in [-0.05, 0) is 43.5 Å². The van der Waals surface area contributed by atoms with Crippen LogP contribution in [-0.2, 0) is 6.54 Å². The quantitative estimate of drug-likeness (QED) is 0.776. The van der Waals surface area contributed by atoms with Crippen molar-refractivity contribution in [3.05, 3.63) is 65.9 Å². The number of aromatic nitrogens is 2. The summed E-state index contributed by atoms with van der Waals surface area (Å²) in [4.78, 5) is 2.52. The molecule has 1 atom stereocenters. The van der Waals surface area contributed by atoms with Crippen molar-refractivity contribution in [1.29, 1.82) is 0 Å². The van der Waals surface area contributed by atoms with E-state index in [4.69, 9.17) is 4.42 Å². The highest BCUT2D eigenvalue weighted by Crippen LogP contribution is 2.34. The molecule has 0 saturated carbocycles. The second-order valence-corrected chi connectivity index (χ2v) is 6.72. The van der Waals surface area contributed by atoms with E-state index in [1.165, 1.54) is 40.8 Å². The maximum Gasteiger partial charge on any atom is 0.0947 e. The van der Waals surface area contributed by atoms with Crippen LogP contribution in [0.1, 0.15) is 35.6 Å². The van der Waals surface area contributed by atoms with Crippen molar-refractivity contribution in [2.45, 2.75) is 32.2 Å². The smallest absolute Gasteiger partial charge is 0.0947 e. The van der Waals surface area contributed by atoms with Crippen LogP contribution in [-0.4, -0.2) is 28.2 Å². The van der Waals surface area contributed by atoms with E-state index in [1.54, 1.807) is 6.26 Å². The predicted molar refractivity (Wildman–Crippen MR) is 94.7 cm³/mol. The van der Waals surface area contributed by atoms with Gasteiger partial charge in [0, 0.05) is 35.8 Å². The lowest BCUT2D eigenvalue weighted by molar-refractivity contribution is 0.198. The number of aromatic amines is 1. The average Bonchev–Trinajstić information content (AvgIpc) is 3.27. The Kier molecular flexibility index (Phi) is 4.22. The van der Waals surface area contributed by atoms with Gasteiger partial charge in [0.25, 0.3) is 0 Å². The normalized spacial score (nSPS) is 18.8. The predicted octanol–water partition coefficient (Wildman–Crippen LogP) is 4.36. The van der Waals surface area contributed by atoms with Crippen LogP contribution in [0.4, 0.5) is 0 Å². The third kappa shape index (κ3) is 3.02. The summed E-state index contributed by atoms with van der Waals surface area (Å²) in [5, 5.41) is 7.64. The van der Waals surface area contributed by atoms with Crippen LogP contribution in [0.25, 0.3) is 11.1 Å². The van der Waals surface area contributed by atoms with E-state index in [9.17, 15) is 0 Å². The fraction of sp³-hybridized carbons (Fsp3) is 0.350. The summed E-state index contributed by atoms with van der Waals surface area (Å²) in [6.45, 7) is 5.33. The first-order valence-corrected chi connectivity index (χ1v) is 8.64. The highest BCUT2D eigenvalue weighted by atomic mass is 16.3. The van der Waals surface area contributed by atoms with E-state index < -0.39 is 0 Å². The lowest BCUT2D eigenvalue weighted by Crippen LogP contribution is -2.34. The Bertz CT molecular complexity index is 791. The maximum atomic E-state index is 5.20. The van der Waals surface area contributed by atoms with Gasteiger partial charge >= 0.3 is 0 Å². The fourth-order valence-corrected chi connectivity index (χ4v) is 3.77. The molecule has 0 bridgehead atoms. The monoisotopic (exact) mass is 321 g/mol. The molecular formula is C20H23N3O. The Labute approximate surface area is 142 Å². The third-order valence-corrected chi connectivity index (χ3v) is 5.00. The zero-order valence-corrected chi connectivity index (χ0v) is 14.0. The summed E-state index contributed by atoms with van der Waals surface area (Å²) in [7, 11) is 0. The Balaban J connectivity index is 1.56. The molecular weight excluding hydrogens is 298 g/mol. The van der Waals surface area contributed by atoms with Crippen LogP contribution < -0.4 is 0 Å². The van der Waals surface area contributed by atoms with Crippen molar-refractivity contribution >= 4 is 0 Å². The molecule has 0 unspecified atom stereocenters. The van der Waals surface area contributed by atoms with Crippen LogP contribution in [0.15, 0.2) is 53.5 Å². The van der Waals surface area contributed by atoms with Gasteiger partial charge in [-0.1, -0.05) is 24.3 Å². The highest BCUT2D eigenvalue weighted by molar-refractivity contribution is 5.69. The zero-order chi connectivity index (χ0) is 16.4. The first-order valence-electron chi connectivity index (χ1n) is 8.64. The number of benzene rings is 1. The van der Waals surface area contributed by atoms with Crippen molar-refractivity contribution in [2.24, 2.45) is 0 Å². The zero-order valence-electron chi connectivity index (χ0n) is 14.0. The van der Waals surface area contributed by atoms with Gasteiger partial charge in [0.2, 0.25) is 0 Å². The molecule has 124 valence electrons. The van der Waals surface area contributed by atoms with Crippen molar-refractivity contribution in [1.82, 2.24) is 15.1 Å². The molecule has 1 fully saturated rings. The maximum absolute atomic E-state index is 5.20. The minimum Gasteiger partial charge on any atom is -0.472 e. The van der Waals surface area contributed by atoms with Crippen molar-refractivity contribution in [3.8, 4) is 11.1 Å². The number of aryl methyl sites for hydroxylation is 1. The minimum atomic E-state index is 0.503. The van der Waals surface area contributed by atoms with E-state index in [-0.39, 0.29) is 0 Å². The van der Waals surface area contributed by atoms with Gasteiger partial charge in [-0.3, -0.25) is 10.00 Å². The molecule has 1 N–H and O–H groups in total. The van der Waals surface area contributed by atoms with Crippen LogP contribution in [0, 0.1) is 6.92 Å². The molecule has 3 aromatic rings. The van der Waals surface area contributed by atoms with Crippen molar-refractivity contribution in [2.75, 3.05) is 13.1 Å². The van der Waals surface area contributed by atoms with E-state index >= 15 is 0 Å². The summed E-state index contributed by atoms with van der Waals surface area (Å²) in [6, 6.07) is 10.6. The van der Waals surface area contributed by atoms with Crippen molar-refractivity contribution < 1.29 is 4.42 Å². The van der Waals surface area contributed by atoms with E-state index in [1.807, 2.05) is 12.5 Å². The van der Waals surface area contributed by atoms with Gasteiger partial charge in [0.1, 0.15) is 0 Å². The number of H-pyrrole nitrogens is 1. The van der Waals surface area contributed by atoms with E-state index in [0.717, 1.165) is 19.6 Å². The van der Waals surface area contributed by atoms with Gasteiger partial charge in [0.15, 0.2) is 0 Å². The number of furan rings is 1. The molecule has 1 aromatic carbocycles. The van der Waals surface area contributed by atoms with Crippen LogP contribution in [0.3, 0.4) is 0 Å². The number of rotatable bonds is 4. The second kappa shape index (κ2) is 6.65. The second-order valence-electron chi connectivity index (χ2n) is 6.72.